The van der Waals surface area contributed by atoms with Crippen LogP contribution in [0, 0.1) is 4.84 Å². The largest absolute Gasteiger partial charge is 0.429 e. The number of nitrogens with zero attached hydrogens (tertiary/aromatic N) is 1. The first-order valence-electron chi connectivity index (χ1n) is 7.13. The van der Waals surface area contributed by atoms with Gasteiger partial charge < -0.3 is 4.42 Å². The minimum Gasteiger partial charge on any atom is -0.429 e. The Morgan fingerprint density at radius 3 is 2.43 bits per heavy atom. The molecule has 0 saturated heterocycles. The molecule has 0 unspecified atom stereocenters. The molecule has 0 bridgehead atoms. The summed E-state index contributed by atoms with van der Waals surface area (Å²) in [6.45, 7) is 7.37. The molecule has 0 aliphatic heterocycles. The normalized spacial score (nSPS) is 12.0. The van der Waals surface area contributed by atoms with Gasteiger partial charge in [-0.2, -0.15) is 0 Å². The topological polar surface area (TPSA) is 18.1 Å². The maximum atomic E-state index is 5.72. The Balaban J connectivity index is 2.13. The van der Waals surface area contributed by atoms with E-state index in [1.807, 2.05) is 24.3 Å². The van der Waals surface area contributed by atoms with Crippen LogP contribution in [0.2, 0.25) is 0 Å². The summed E-state index contributed by atoms with van der Waals surface area (Å²) in [4.78, 5) is 0.528. The van der Waals surface area contributed by atoms with Crippen molar-refractivity contribution >= 4 is 23.3 Å². The van der Waals surface area contributed by atoms with Crippen LogP contribution in [0.25, 0.3) is 11.1 Å². The van der Waals surface area contributed by atoms with Crippen LogP contribution in [-0.2, 0) is 12.0 Å². The molecule has 0 atom stereocenters. The van der Waals surface area contributed by atoms with E-state index in [0.717, 1.165) is 17.6 Å². The van der Waals surface area contributed by atoms with Gasteiger partial charge in [0.2, 0.25) is 0 Å². The second kappa shape index (κ2) is 5.15. The third-order valence-electron chi connectivity index (χ3n) is 3.72. The average molecular weight is 297 g/mol. The molecule has 3 rings (SSSR count). The van der Waals surface area contributed by atoms with Gasteiger partial charge in [-0.15, -0.1) is 0 Å². The van der Waals surface area contributed by atoms with Crippen LogP contribution in [0.3, 0.4) is 0 Å². The van der Waals surface area contributed by atoms with Gasteiger partial charge in [-0.1, -0.05) is 57.2 Å². The van der Waals surface area contributed by atoms with Crippen LogP contribution >= 0.6 is 12.2 Å². The number of rotatable bonds is 2. The van der Waals surface area contributed by atoms with E-state index in [2.05, 4.69) is 49.6 Å². The van der Waals surface area contributed by atoms with Gasteiger partial charge in [0.25, 0.3) is 4.84 Å². The van der Waals surface area contributed by atoms with Crippen molar-refractivity contribution in [2.45, 2.75) is 32.7 Å². The summed E-state index contributed by atoms with van der Waals surface area (Å²) in [5, 5.41) is 0. The Kier molecular flexibility index (Phi) is 3.46. The molecular weight excluding hydrogens is 278 g/mol. The van der Waals surface area contributed by atoms with Crippen molar-refractivity contribution in [1.82, 2.24) is 4.57 Å². The molecule has 0 fully saturated rings. The highest BCUT2D eigenvalue weighted by Crippen LogP contribution is 2.27. The predicted octanol–water partition coefficient (Wildman–Crippen LogP) is 5.31. The highest BCUT2D eigenvalue weighted by Gasteiger charge is 2.16. The van der Waals surface area contributed by atoms with E-state index in [9.17, 15) is 0 Å². The molecule has 2 aromatic carbocycles. The second-order valence-electron chi connectivity index (χ2n) is 6.37. The number of hydrogen-bond acceptors (Lipinski definition) is 2. The molecule has 1 heterocycles. The lowest BCUT2D eigenvalue weighted by Crippen LogP contribution is -2.11. The van der Waals surface area contributed by atoms with Gasteiger partial charge >= 0.3 is 0 Å². The molecule has 21 heavy (non-hydrogen) atoms. The lowest BCUT2D eigenvalue weighted by Gasteiger charge is -2.18. The minimum atomic E-state index is 0.109. The number of fused-ring (bicyclic) bond motifs is 1. The Morgan fingerprint density at radius 1 is 1.05 bits per heavy atom. The maximum absolute atomic E-state index is 5.72. The van der Waals surface area contributed by atoms with E-state index in [-0.39, 0.29) is 5.41 Å². The van der Waals surface area contributed by atoms with Crippen molar-refractivity contribution in [2.75, 3.05) is 0 Å². The van der Waals surface area contributed by atoms with Gasteiger partial charge in [-0.05, 0) is 40.9 Å². The van der Waals surface area contributed by atoms with Gasteiger partial charge in [-0.3, -0.25) is 4.57 Å². The number of hydrogen-bond donors (Lipinski definition) is 0. The Morgan fingerprint density at radius 2 is 1.76 bits per heavy atom. The Bertz CT molecular complexity index is 822. The average Bonchev–Trinajstić information content (AvgIpc) is 2.75. The molecule has 0 radical (unpaired) electrons. The molecule has 0 aliphatic carbocycles. The molecule has 3 heteroatoms. The number of aromatic nitrogens is 1. The first kappa shape index (κ1) is 14.1. The molecule has 0 amide bonds. The molecule has 2 nitrogen and oxygen atoms in total. The van der Waals surface area contributed by atoms with Crippen LogP contribution in [0.1, 0.15) is 31.9 Å². The van der Waals surface area contributed by atoms with Gasteiger partial charge in [0, 0.05) is 0 Å². The minimum absolute atomic E-state index is 0.109. The standard InChI is InChI=1S/C18H19NOS/c1-18(2,3)14-9-10-16-15(11-14)19(17(21)20-16)12-13-7-5-4-6-8-13/h4-11H,12H2,1-3H3. The molecule has 3 aromatic rings. The predicted molar refractivity (Wildman–Crippen MR) is 89.3 cm³/mol. The fraction of sp³-hybridized carbons (Fsp3) is 0.278. The summed E-state index contributed by atoms with van der Waals surface area (Å²) in [5.41, 5.74) is 4.53. The van der Waals surface area contributed by atoms with E-state index in [4.69, 9.17) is 16.6 Å². The second-order valence-corrected chi connectivity index (χ2v) is 6.72. The van der Waals surface area contributed by atoms with Crippen LogP contribution < -0.4 is 0 Å². The monoisotopic (exact) mass is 297 g/mol. The van der Waals surface area contributed by atoms with E-state index in [0.29, 0.717) is 4.84 Å². The Labute approximate surface area is 130 Å². The molecule has 0 saturated carbocycles. The van der Waals surface area contributed by atoms with Crippen molar-refractivity contribution in [3.63, 3.8) is 0 Å². The van der Waals surface area contributed by atoms with Crippen molar-refractivity contribution in [3.05, 3.63) is 64.5 Å². The lowest BCUT2D eigenvalue weighted by atomic mass is 9.87. The first-order chi connectivity index (χ1) is 9.95. The number of benzene rings is 2. The summed E-state index contributed by atoms with van der Waals surface area (Å²) in [6, 6.07) is 16.7. The quantitative estimate of drug-likeness (QED) is 0.597. The van der Waals surface area contributed by atoms with Crippen molar-refractivity contribution < 1.29 is 4.42 Å². The summed E-state index contributed by atoms with van der Waals surface area (Å²) in [6.07, 6.45) is 0. The molecule has 108 valence electrons. The highest BCUT2D eigenvalue weighted by molar-refractivity contribution is 7.71. The van der Waals surface area contributed by atoms with Gasteiger partial charge in [-0.25, -0.2) is 0 Å². The van der Waals surface area contributed by atoms with Crippen LogP contribution in [-0.4, -0.2) is 4.57 Å². The summed E-state index contributed by atoms with van der Waals surface area (Å²) in [7, 11) is 0. The fourth-order valence-electron chi connectivity index (χ4n) is 2.44. The molecular formula is C18H19NOS. The first-order valence-corrected chi connectivity index (χ1v) is 7.54. The zero-order valence-corrected chi connectivity index (χ0v) is 13.4. The van der Waals surface area contributed by atoms with Crippen LogP contribution in [0.15, 0.2) is 52.9 Å². The van der Waals surface area contributed by atoms with Crippen LogP contribution in [0.5, 0.6) is 0 Å². The summed E-state index contributed by atoms with van der Waals surface area (Å²) in [5.74, 6) is 0. The third kappa shape index (κ3) is 2.79. The molecule has 0 aliphatic rings. The van der Waals surface area contributed by atoms with Gasteiger partial charge in [0.15, 0.2) is 5.58 Å². The van der Waals surface area contributed by atoms with Gasteiger partial charge in [0.05, 0.1) is 12.1 Å². The van der Waals surface area contributed by atoms with Gasteiger partial charge in [0.1, 0.15) is 0 Å². The van der Waals surface area contributed by atoms with E-state index in [1.54, 1.807) is 0 Å². The number of oxazole rings is 1. The zero-order valence-electron chi connectivity index (χ0n) is 12.6. The van der Waals surface area contributed by atoms with E-state index < -0.39 is 0 Å². The highest BCUT2D eigenvalue weighted by atomic mass is 32.1. The molecule has 1 aromatic heterocycles. The smallest absolute Gasteiger partial charge is 0.269 e. The fourth-order valence-corrected chi connectivity index (χ4v) is 2.70. The van der Waals surface area contributed by atoms with Crippen LogP contribution in [0.4, 0.5) is 0 Å². The third-order valence-corrected chi connectivity index (χ3v) is 4.02. The summed E-state index contributed by atoms with van der Waals surface area (Å²) >= 11 is 5.39. The maximum Gasteiger partial charge on any atom is 0.269 e. The van der Waals surface area contributed by atoms with E-state index in [1.165, 1.54) is 11.1 Å². The van der Waals surface area contributed by atoms with Crippen molar-refractivity contribution in [1.29, 1.82) is 0 Å². The Hall–Kier alpha value is -1.87. The SMILES string of the molecule is CC(C)(C)c1ccc2oc(=S)n(Cc3ccccc3)c2c1. The van der Waals surface area contributed by atoms with Crippen molar-refractivity contribution in [2.24, 2.45) is 0 Å². The van der Waals surface area contributed by atoms with E-state index >= 15 is 0 Å². The molecule has 0 spiro atoms. The van der Waals surface area contributed by atoms with Crippen molar-refractivity contribution in [3.8, 4) is 0 Å². The summed E-state index contributed by atoms with van der Waals surface area (Å²) < 4.78 is 7.78. The molecule has 0 N–H and O–H groups in total. The zero-order chi connectivity index (χ0) is 15.0. The lowest BCUT2D eigenvalue weighted by molar-refractivity contribution is 0.548.